The Hall–Kier alpha value is -2.90. The maximum absolute atomic E-state index is 12.1. The second-order valence-corrected chi connectivity index (χ2v) is 7.55. The van der Waals surface area contributed by atoms with Crippen molar-refractivity contribution in [2.45, 2.75) is 13.3 Å². The van der Waals surface area contributed by atoms with E-state index in [1.807, 2.05) is 29.6 Å². The molecule has 0 spiro atoms. The van der Waals surface area contributed by atoms with Gasteiger partial charge in [0, 0.05) is 29.4 Å². The van der Waals surface area contributed by atoms with Crippen molar-refractivity contribution in [2.24, 2.45) is 0 Å². The van der Waals surface area contributed by atoms with Crippen molar-refractivity contribution in [3.63, 3.8) is 0 Å². The standard InChI is InChI=1S/C21H20ClN3O3S/c1-14(26)23-11-10-15-2-4-16(5-3-15)19-13-29-21(24-19)25-20(27)12-28-18-8-6-17(22)7-9-18/h2-9,13H,10-12H2,1H3,(H,23,26)(H,24,25,27). The number of carbonyl (C=O) groups is 2. The molecule has 0 saturated heterocycles. The van der Waals surface area contributed by atoms with E-state index in [9.17, 15) is 9.59 Å². The van der Waals surface area contributed by atoms with E-state index in [2.05, 4.69) is 15.6 Å². The van der Waals surface area contributed by atoms with Crippen LogP contribution in [0.5, 0.6) is 5.75 Å². The zero-order valence-electron chi connectivity index (χ0n) is 15.8. The first-order valence-corrected chi connectivity index (χ1v) is 10.2. The molecule has 0 bridgehead atoms. The SMILES string of the molecule is CC(=O)NCCc1ccc(-c2csc(NC(=O)COc3ccc(Cl)cc3)n2)cc1. The van der Waals surface area contributed by atoms with Crippen LogP contribution in [0.3, 0.4) is 0 Å². The van der Waals surface area contributed by atoms with E-state index >= 15 is 0 Å². The molecule has 0 aliphatic carbocycles. The minimum Gasteiger partial charge on any atom is -0.484 e. The predicted molar refractivity (Wildman–Crippen MR) is 116 cm³/mol. The predicted octanol–water partition coefficient (Wildman–Crippen LogP) is 4.16. The third-order valence-electron chi connectivity index (χ3n) is 3.97. The van der Waals surface area contributed by atoms with E-state index in [0.717, 1.165) is 23.2 Å². The highest BCUT2D eigenvalue weighted by Gasteiger charge is 2.09. The summed E-state index contributed by atoms with van der Waals surface area (Å²) < 4.78 is 5.43. The summed E-state index contributed by atoms with van der Waals surface area (Å²) in [6.45, 7) is 2.00. The number of benzene rings is 2. The Labute approximate surface area is 177 Å². The molecule has 8 heteroatoms. The molecule has 0 radical (unpaired) electrons. The average molecular weight is 430 g/mol. The number of halogens is 1. The number of anilines is 1. The number of aromatic nitrogens is 1. The summed E-state index contributed by atoms with van der Waals surface area (Å²) in [7, 11) is 0. The van der Waals surface area contributed by atoms with Crippen LogP contribution in [0.4, 0.5) is 5.13 Å². The molecule has 1 aromatic heterocycles. The summed E-state index contributed by atoms with van der Waals surface area (Å²) in [4.78, 5) is 27.4. The van der Waals surface area contributed by atoms with Gasteiger partial charge >= 0.3 is 0 Å². The van der Waals surface area contributed by atoms with Gasteiger partial charge in [-0.1, -0.05) is 35.9 Å². The van der Waals surface area contributed by atoms with E-state index in [-0.39, 0.29) is 18.4 Å². The molecule has 0 atom stereocenters. The van der Waals surface area contributed by atoms with Crippen molar-refractivity contribution >= 4 is 39.9 Å². The fourth-order valence-electron chi connectivity index (χ4n) is 2.52. The monoisotopic (exact) mass is 429 g/mol. The molecular weight excluding hydrogens is 410 g/mol. The molecule has 2 amide bonds. The highest BCUT2D eigenvalue weighted by molar-refractivity contribution is 7.14. The van der Waals surface area contributed by atoms with Gasteiger partial charge in [0.15, 0.2) is 11.7 Å². The maximum Gasteiger partial charge on any atom is 0.264 e. The van der Waals surface area contributed by atoms with Gasteiger partial charge in [0.2, 0.25) is 5.91 Å². The van der Waals surface area contributed by atoms with E-state index in [1.165, 1.54) is 18.3 Å². The van der Waals surface area contributed by atoms with Crippen LogP contribution >= 0.6 is 22.9 Å². The first-order valence-electron chi connectivity index (χ1n) is 8.97. The number of rotatable bonds is 8. The number of nitrogens with one attached hydrogen (secondary N) is 2. The number of ether oxygens (including phenoxy) is 1. The summed E-state index contributed by atoms with van der Waals surface area (Å²) in [5.41, 5.74) is 2.88. The molecule has 0 unspecified atom stereocenters. The molecule has 0 saturated carbocycles. The topological polar surface area (TPSA) is 80.3 Å². The molecule has 1 heterocycles. The summed E-state index contributed by atoms with van der Waals surface area (Å²) in [6.07, 6.45) is 0.770. The van der Waals surface area contributed by atoms with Crippen LogP contribution in [0.25, 0.3) is 11.3 Å². The van der Waals surface area contributed by atoms with Crippen molar-refractivity contribution in [2.75, 3.05) is 18.5 Å². The van der Waals surface area contributed by atoms with E-state index in [4.69, 9.17) is 16.3 Å². The van der Waals surface area contributed by atoms with Gasteiger partial charge in [-0.15, -0.1) is 11.3 Å². The fraction of sp³-hybridized carbons (Fsp3) is 0.190. The van der Waals surface area contributed by atoms with Crippen LogP contribution in [-0.2, 0) is 16.0 Å². The summed E-state index contributed by atoms with van der Waals surface area (Å²) in [5, 5.41) is 8.53. The third-order valence-corrected chi connectivity index (χ3v) is 4.98. The molecule has 29 heavy (non-hydrogen) atoms. The molecule has 6 nitrogen and oxygen atoms in total. The number of carbonyl (C=O) groups excluding carboxylic acids is 2. The summed E-state index contributed by atoms with van der Waals surface area (Å²) >= 11 is 7.17. The molecule has 3 aromatic rings. The second-order valence-electron chi connectivity index (χ2n) is 6.26. The summed E-state index contributed by atoms with van der Waals surface area (Å²) in [6, 6.07) is 14.8. The van der Waals surface area contributed by atoms with Gasteiger partial charge < -0.3 is 10.1 Å². The van der Waals surface area contributed by atoms with Crippen LogP contribution in [-0.4, -0.2) is 29.9 Å². The number of hydrogen-bond donors (Lipinski definition) is 2. The number of amides is 2. The highest BCUT2D eigenvalue weighted by atomic mass is 35.5. The minimum absolute atomic E-state index is 0.0303. The lowest BCUT2D eigenvalue weighted by atomic mass is 10.1. The number of hydrogen-bond acceptors (Lipinski definition) is 5. The Bertz CT molecular complexity index is 972. The Morgan fingerprint density at radius 2 is 1.83 bits per heavy atom. The molecule has 3 rings (SSSR count). The van der Waals surface area contributed by atoms with Crippen molar-refractivity contribution < 1.29 is 14.3 Å². The lowest BCUT2D eigenvalue weighted by Crippen LogP contribution is -2.22. The molecule has 0 aliphatic heterocycles. The van der Waals surface area contributed by atoms with Crippen LogP contribution in [0.2, 0.25) is 5.02 Å². The van der Waals surface area contributed by atoms with Crippen molar-refractivity contribution in [1.82, 2.24) is 10.3 Å². The number of nitrogens with zero attached hydrogens (tertiary/aromatic N) is 1. The Morgan fingerprint density at radius 3 is 2.52 bits per heavy atom. The van der Waals surface area contributed by atoms with E-state index in [0.29, 0.717) is 22.4 Å². The molecule has 0 fully saturated rings. The molecule has 150 valence electrons. The molecule has 0 aliphatic rings. The Kier molecular flexibility index (Phi) is 7.21. The molecule has 2 N–H and O–H groups in total. The van der Waals surface area contributed by atoms with Gasteiger partial charge in [0.05, 0.1) is 5.69 Å². The van der Waals surface area contributed by atoms with Crippen LogP contribution in [0, 0.1) is 0 Å². The van der Waals surface area contributed by atoms with Crippen molar-refractivity contribution in [3.05, 3.63) is 64.5 Å². The van der Waals surface area contributed by atoms with Crippen molar-refractivity contribution in [3.8, 4) is 17.0 Å². The van der Waals surface area contributed by atoms with Crippen LogP contribution < -0.4 is 15.4 Å². The highest BCUT2D eigenvalue weighted by Crippen LogP contribution is 2.25. The van der Waals surface area contributed by atoms with Gasteiger partial charge in [0.25, 0.3) is 5.91 Å². The van der Waals surface area contributed by atoms with Crippen molar-refractivity contribution in [1.29, 1.82) is 0 Å². The van der Waals surface area contributed by atoms with Crippen LogP contribution in [0.1, 0.15) is 12.5 Å². The van der Waals surface area contributed by atoms with Gasteiger partial charge in [-0.3, -0.25) is 14.9 Å². The quantitative estimate of drug-likeness (QED) is 0.563. The lowest BCUT2D eigenvalue weighted by Gasteiger charge is -2.05. The Morgan fingerprint density at radius 1 is 1.10 bits per heavy atom. The normalized spacial score (nSPS) is 10.4. The zero-order chi connectivity index (χ0) is 20.6. The first kappa shape index (κ1) is 20.8. The van der Waals surface area contributed by atoms with Crippen LogP contribution in [0.15, 0.2) is 53.9 Å². The van der Waals surface area contributed by atoms with Gasteiger partial charge in [-0.2, -0.15) is 0 Å². The molecule has 2 aromatic carbocycles. The average Bonchev–Trinajstić information content (AvgIpc) is 3.16. The summed E-state index contributed by atoms with van der Waals surface area (Å²) in [5.74, 6) is 0.259. The first-order chi connectivity index (χ1) is 14.0. The van der Waals surface area contributed by atoms with E-state index in [1.54, 1.807) is 24.3 Å². The maximum atomic E-state index is 12.1. The zero-order valence-corrected chi connectivity index (χ0v) is 17.3. The van der Waals surface area contributed by atoms with Gasteiger partial charge in [0.1, 0.15) is 5.75 Å². The number of thiazole rings is 1. The Balaban J connectivity index is 1.51. The smallest absolute Gasteiger partial charge is 0.264 e. The molecular formula is C21H20ClN3O3S. The van der Waals surface area contributed by atoms with Gasteiger partial charge in [-0.25, -0.2) is 4.98 Å². The minimum atomic E-state index is -0.283. The second kappa shape index (κ2) is 10.0. The van der Waals surface area contributed by atoms with Gasteiger partial charge in [-0.05, 0) is 36.2 Å². The largest absolute Gasteiger partial charge is 0.484 e. The van der Waals surface area contributed by atoms with E-state index < -0.39 is 0 Å². The third kappa shape index (κ3) is 6.58. The fourth-order valence-corrected chi connectivity index (χ4v) is 3.39. The lowest BCUT2D eigenvalue weighted by molar-refractivity contribution is -0.119.